The number of furan rings is 1. The van der Waals surface area contributed by atoms with Gasteiger partial charge in [-0.15, -0.1) is 0 Å². The topological polar surface area (TPSA) is 98.4 Å². The molecule has 1 atom stereocenters. The zero-order valence-corrected chi connectivity index (χ0v) is 17.8. The van der Waals surface area contributed by atoms with Crippen molar-refractivity contribution in [1.29, 1.82) is 5.26 Å². The van der Waals surface area contributed by atoms with E-state index in [1.165, 1.54) is 0 Å². The summed E-state index contributed by atoms with van der Waals surface area (Å²) in [6, 6.07) is 13.8. The van der Waals surface area contributed by atoms with Gasteiger partial charge in [0, 0.05) is 18.2 Å². The van der Waals surface area contributed by atoms with Gasteiger partial charge >= 0.3 is 0 Å². The number of nitrogens with zero attached hydrogens (tertiary/aromatic N) is 2. The quantitative estimate of drug-likeness (QED) is 0.616. The van der Waals surface area contributed by atoms with E-state index in [1.54, 1.807) is 13.2 Å². The number of carbonyl (C=O) groups excluding carboxylic acids is 2. The molecule has 0 bridgehead atoms. The lowest BCUT2D eigenvalue weighted by molar-refractivity contribution is -0.124. The van der Waals surface area contributed by atoms with Crippen molar-refractivity contribution in [3.05, 3.63) is 59.5 Å². The molecule has 2 aliphatic carbocycles. The summed E-state index contributed by atoms with van der Waals surface area (Å²) in [4.78, 5) is 26.9. The third-order valence-corrected chi connectivity index (χ3v) is 5.89. The first-order valence-corrected chi connectivity index (χ1v) is 10.8. The number of benzene rings is 1. The van der Waals surface area contributed by atoms with Crippen LogP contribution in [0.1, 0.15) is 54.3 Å². The van der Waals surface area contributed by atoms with Crippen LogP contribution >= 0.6 is 0 Å². The van der Waals surface area contributed by atoms with Gasteiger partial charge in [0.15, 0.2) is 0 Å². The van der Waals surface area contributed by atoms with E-state index < -0.39 is 5.54 Å². The Hall–Kier alpha value is -3.11. The number of rotatable bonds is 10. The molecule has 2 aliphatic rings. The maximum atomic E-state index is 12.7. The highest BCUT2D eigenvalue weighted by Crippen LogP contribution is 2.39. The molecule has 4 rings (SSSR count). The Bertz CT molecular complexity index is 956. The molecule has 162 valence electrons. The minimum Gasteiger partial charge on any atom is -0.468 e. The summed E-state index contributed by atoms with van der Waals surface area (Å²) in [5, 5.41) is 15.4. The SMILES string of the molecule is CC(C#N)(NC(=O)CN(Cc1ccc(C(=O)NC2CC2)cc1)Cc1ccco1)C1CC1. The average Bonchev–Trinajstić information content (AvgIpc) is 3.68. The predicted molar refractivity (Wildman–Crippen MR) is 115 cm³/mol. The summed E-state index contributed by atoms with van der Waals surface area (Å²) in [7, 11) is 0. The molecule has 2 aromatic rings. The van der Waals surface area contributed by atoms with Gasteiger partial charge in [0.05, 0.1) is 25.4 Å². The van der Waals surface area contributed by atoms with Crippen LogP contribution in [0.25, 0.3) is 0 Å². The Kier molecular flexibility index (Phi) is 6.10. The fourth-order valence-electron chi connectivity index (χ4n) is 3.72. The summed E-state index contributed by atoms with van der Waals surface area (Å²) in [5.41, 5.74) is 0.817. The van der Waals surface area contributed by atoms with Gasteiger partial charge in [-0.05, 0) is 68.4 Å². The number of nitriles is 1. The standard InChI is InChI=1S/C24H28N4O3/c1-24(16-25,19-8-9-19)27-22(29)15-28(14-21-3-2-12-31-21)13-17-4-6-18(7-5-17)23(30)26-20-10-11-20/h2-7,12,19-20H,8-11,13-15H2,1H3,(H,26,30)(H,27,29). The van der Waals surface area contributed by atoms with Crippen molar-refractivity contribution in [1.82, 2.24) is 15.5 Å². The number of amides is 2. The fraction of sp³-hybridized carbons (Fsp3) is 0.458. The van der Waals surface area contributed by atoms with Gasteiger partial charge in [-0.1, -0.05) is 12.1 Å². The predicted octanol–water partition coefficient (Wildman–Crippen LogP) is 2.98. The Morgan fingerprint density at radius 1 is 1.16 bits per heavy atom. The van der Waals surface area contributed by atoms with Crippen molar-refractivity contribution in [2.24, 2.45) is 5.92 Å². The molecule has 2 saturated carbocycles. The Balaban J connectivity index is 1.40. The van der Waals surface area contributed by atoms with Crippen LogP contribution in [0.4, 0.5) is 0 Å². The number of carbonyl (C=O) groups is 2. The van der Waals surface area contributed by atoms with E-state index in [0.29, 0.717) is 24.7 Å². The fourth-order valence-corrected chi connectivity index (χ4v) is 3.72. The minimum absolute atomic E-state index is 0.0447. The largest absolute Gasteiger partial charge is 0.468 e. The van der Waals surface area contributed by atoms with Crippen LogP contribution in [0.5, 0.6) is 0 Å². The van der Waals surface area contributed by atoms with Crippen LogP contribution in [-0.2, 0) is 17.9 Å². The molecule has 0 aliphatic heterocycles. The summed E-state index contributed by atoms with van der Waals surface area (Å²) in [6.07, 6.45) is 5.67. The third-order valence-electron chi connectivity index (χ3n) is 5.89. The van der Waals surface area contributed by atoms with Gasteiger partial charge in [0.2, 0.25) is 5.91 Å². The van der Waals surface area contributed by atoms with Crippen molar-refractivity contribution < 1.29 is 14.0 Å². The molecule has 1 aromatic heterocycles. The Morgan fingerprint density at radius 3 is 2.48 bits per heavy atom. The lowest BCUT2D eigenvalue weighted by atomic mass is 9.98. The van der Waals surface area contributed by atoms with E-state index in [9.17, 15) is 14.9 Å². The van der Waals surface area contributed by atoms with Gasteiger partial charge in [-0.2, -0.15) is 5.26 Å². The van der Waals surface area contributed by atoms with E-state index >= 15 is 0 Å². The lowest BCUT2D eigenvalue weighted by Gasteiger charge is -2.26. The molecule has 31 heavy (non-hydrogen) atoms. The van der Waals surface area contributed by atoms with E-state index in [1.807, 2.05) is 41.3 Å². The number of hydrogen-bond donors (Lipinski definition) is 2. The van der Waals surface area contributed by atoms with Gasteiger partial charge in [0.25, 0.3) is 5.91 Å². The van der Waals surface area contributed by atoms with Gasteiger partial charge in [-0.3, -0.25) is 14.5 Å². The van der Waals surface area contributed by atoms with Crippen molar-refractivity contribution in [3.8, 4) is 6.07 Å². The molecule has 2 amide bonds. The van der Waals surface area contributed by atoms with E-state index in [4.69, 9.17) is 4.42 Å². The van der Waals surface area contributed by atoms with Crippen LogP contribution < -0.4 is 10.6 Å². The molecule has 2 N–H and O–H groups in total. The molecule has 0 spiro atoms. The van der Waals surface area contributed by atoms with Gasteiger partial charge in [-0.25, -0.2) is 0 Å². The summed E-state index contributed by atoms with van der Waals surface area (Å²) < 4.78 is 5.47. The highest BCUT2D eigenvalue weighted by atomic mass is 16.3. The molecule has 0 radical (unpaired) electrons. The Labute approximate surface area is 182 Å². The molecular weight excluding hydrogens is 392 g/mol. The molecular formula is C24H28N4O3. The van der Waals surface area contributed by atoms with Gasteiger partial charge < -0.3 is 15.1 Å². The highest BCUT2D eigenvalue weighted by molar-refractivity contribution is 5.94. The number of hydrogen-bond acceptors (Lipinski definition) is 5. The Morgan fingerprint density at radius 2 is 1.90 bits per heavy atom. The second-order valence-electron chi connectivity index (χ2n) is 8.81. The minimum atomic E-state index is -0.815. The maximum absolute atomic E-state index is 12.7. The summed E-state index contributed by atoms with van der Waals surface area (Å²) in [5.74, 6) is 0.771. The van der Waals surface area contributed by atoms with Crippen LogP contribution in [0, 0.1) is 17.2 Å². The van der Waals surface area contributed by atoms with Crippen molar-refractivity contribution in [3.63, 3.8) is 0 Å². The molecule has 2 fully saturated rings. The average molecular weight is 421 g/mol. The molecule has 7 nitrogen and oxygen atoms in total. The molecule has 1 unspecified atom stereocenters. The van der Waals surface area contributed by atoms with Crippen LogP contribution in [0.2, 0.25) is 0 Å². The number of nitrogens with one attached hydrogen (secondary N) is 2. The molecule has 1 aromatic carbocycles. The highest BCUT2D eigenvalue weighted by Gasteiger charge is 2.43. The lowest BCUT2D eigenvalue weighted by Crippen LogP contribution is -2.50. The second-order valence-corrected chi connectivity index (χ2v) is 8.81. The zero-order chi connectivity index (χ0) is 21.8. The van der Waals surface area contributed by atoms with Crippen LogP contribution in [0.15, 0.2) is 47.1 Å². The van der Waals surface area contributed by atoms with Crippen molar-refractivity contribution >= 4 is 11.8 Å². The monoisotopic (exact) mass is 420 g/mol. The van der Waals surface area contributed by atoms with Gasteiger partial charge in [0.1, 0.15) is 11.3 Å². The summed E-state index contributed by atoms with van der Waals surface area (Å²) in [6.45, 7) is 2.93. The first kappa shape index (κ1) is 21.1. The molecule has 7 heteroatoms. The van der Waals surface area contributed by atoms with Crippen LogP contribution in [0.3, 0.4) is 0 Å². The van der Waals surface area contributed by atoms with E-state index in [2.05, 4.69) is 16.7 Å². The van der Waals surface area contributed by atoms with E-state index in [0.717, 1.165) is 37.0 Å². The van der Waals surface area contributed by atoms with Crippen molar-refractivity contribution in [2.75, 3.05) is 6.54 Å². The zero-order valence-electron chi connectivity index (χ0n) is 17.8. The second kappa shape index (κ2) is 8.94. The third kappa shape index (κ3) is 5.74. The van der Waals surface area contributed by atoms with E-state index in [-0.39, 0.29) is 24.3 Å². The molecule has 0 saturated heterocycles. The summed E-state index contributed by atoms with van der Waals surface area (Å²) >= 11 is 0. The normalized spacial score (nSPS) is 17.6. The van der Waals surface area contributed by atoms with Crippen molar-refractivity contribution in [2.45, 2.75) is 57.3 Å². The first-order valence-electron chi connectivity index (χ1n) is 10.8. The smallest absolute Gasteiger partial charge is 0.251 e. The van der Waals surface area contributed by atoms with Crippen LogP contribution in [-0.4, -0.2) is 34.8 Å². The molecule has 1 heterocycles. The maximum Gasteiger partial charge on any atom is 0.251 e. The first-order chi connectivity index (χ1) is 14.9.